The number of carbonyl (C=O) groups excluding carboxylic acids is 3. The van der Waals surface area contributed by atoms with Crippen LogP contribution in [0.3, 0.4) is 0 Å². The topological polar surface area (TPSA) is 85.8 Å². The number of aliphatic imine (C=N–C) groups is 1. The summed E-state index contributed by atoms with van der Waals surface area (Å²) in [5.74, 6) is -2.36. The van der Waals surface area contributed by atoms with E-state index in [1.54, 1.807) is 24.3 Å². The number of imide groups is 2. The van der Waals surface area contributed by atoms with Crippen LogP contribution in [0.2, 0.25) is 5.02 Å². The van der Waals surface area contributed by atoms with Crippen LogP contribution in [-0.4, -0.2) is 59.0 Å². The third kappa shape index (κ3) is 3.84. The SMILES string of the molecule is CN1C(=O)C(C(=NCCc2c[nH]c3ccccc23)c2ccc(Cl)cc2)C(=O)N(C)C1=O. The number of H-pyrrole nitrogens is 1. The highest BCUT2D eigenvalue weighted by atomic mass is 35.5. The zero-order valence-electron chi connectivity index (χ0n) is 17.1. The standard InChI is InChI=1S/C23H21ClN4O3/c1-27-21(29)19(22(30)28(2)23(27)31)20(14-7-9-16(24)10-8-14)25-12-11-15-13-26-18-6-4-3-5-17(15)18/h3-10,13,19,26H,11-12H2,1-2H3. The number of nitrogens with zero attached hydrogens (tertiary/aromatic N) is 3. The zero-order valence-corrected chi connectivity index (χ0v) is 17.9. The highest BCUT2D eigenvalue weighted by Gasteiger charge is 2.45. The Balaban J connectivity index is 1.69. The lowest BCUT2D eigenvalue weighted by atomic mass is 9.92. The van der Waals surface area contributed by atoms with Crippen LogP contribution in [0.5, 0.6) is 0 Å². The fourth-order valence-electron chi connectivity index (χ4n) is 3.75. The number of amides is 4. The molecule has 2 heterocycles. The van der Waals surface area contributed by atoms with Gasteiger partial charge in [-0.25, -0.2) is 4.79 Å². The summed E-state index contributed by atoms with van der Waals surface area (Å²) >= 11 is 6.01. The Morgan fingerprint density at radius 3 is 2.32 bits per heavy atom. The summed E-state index contributed by atoms with van der Waals surface area (Å²) in [6.45, 7) is 0.373. The fourth-order valence-corrected chi connectivity index (χ4v) is 3.87. The Morgan fingerprint density at radius 1 is 1.00 bits per heavy atom. The Bertz CT molecular complexity index is 1180. The van der Waals surface area contributed by atoms with E-state index in [1.165, 1.54) is 14.1 Å². The molecule has 4 rings (SSSR count). The number of rotatable bonds is 5. The van der Waals surface area contributed by atoms with E-state index in [0.717, 1.165) is 26.3 Å². The van der Waals surface area contributed by atoms with E-state index >= 15 is 0 Å². The average molecular weight is 437 g/mol. The van der Waals surface area contributed by atoms with Crippen LogP contribution in [0.4, 0.5) is 4.79 Å². The molecule has 31 heavy (non-hydrogen) atoms. The van der Waals surface area contributed by atoms with Gasteiger partial charge in [0.05, 0.1) is 5.71 Å². The van der Waals surface area contributed by atoms with Gasteiger partial charge in [0.25, 0.3) is 0 Å². The Hall–Kier alpha value is -3.45. The maximum absolute atomic E-state index is 12.9. The van der Waals surface area contributed by atoms with Crippen LogP contribution in [-0.2, 0) is 16.0 Å². The van der Waals surface area contributed by atoms with Gasteiger partial charge < -0.3 is 4.98 Å². The van der Waals surface area contributed by atoms with Crippen molar-refractivity contribution in [3.8, 4) is 0 Å². The molecule has 1 N–H and O–H groups in total. The monoisotopic (exact) mass is 436 g/mol. The Kier molecular flexibility index (Phi) is 5.61. The maximum atomic E-state index is 12.9. The number of benzene rings is 2. The second-order valence-electron chi connectivity index (χ2n) is 7.39. The first-order chi connectivity index (χ1) is 14.9. The molecule has 4 amide bonds. The molecule has 0 aliphatic carbocycles. The van der Waals surface area contributed by atoms with E-state index < -0.39 is 23.8 Å². The summed E-state index contributed by atoms with van der Waals surface area (Å²) in [5.41, 5.74) is 3.09. The molecule has 158 valence electrons. The van der Waals surface area contributed by atoms with Gasteiger partial charge in [-0.2, -0.15) is 0 Å². The van der Waals surface area contributed by atoms with Crippen LogP contribution in [0.1, 0.15) is 11.1 Å². The van der Waals surface area contributed by atoms with E-state index in [2.05, 4.69) is 9.98 Å². The first kappa shape index (κ1) is 20.8. The summed E-state index contributed by atoms with van der Waals surface area (Å²) in [5, 5.41) is 1.65. The number of aromatic amines is 1. The second kappa shape index (κ2) is 8.35. The van der Waals surface area contributed by atoms with Gasteiger partial charge >= 0.3 is 6.03 Å². The molecule has 1 aliphatic heterocycles. The van der Waals surface area contributed by atoms with Gasteiger partial charge in [0, 0.05) is 42.8 Å². The van der Waals surface area contributed by atoms with E-state index in [1.807, 2.05) is 30.5 Å². The minimum absolute atomic E-state index is 0.331. The van der Waals surface area contributed by atoms with Crippen LogP contribution in [0.15, 0.2) is 59.7 Å². The molecule has 0 radical (unpaired) electrons. The molecule has 7 nitrogen and oxygen atoms in total. The number of fused-ring (bicyclic) bond motifs is 1. The van der Waals surface area contributed by atoms with Crippen molar-refractivity contribution in [1.82, 2.24) is 14.8 Å². The van der Waals surface area contributed by atoms with Crippen molar-refractivity contribution in [3.63, 3.8) is 0 Å². The highest BCUT2D eigenvalue weighted by Crippen LogP contribution is 2.23. The molecule has 1 fully saturated rings. The molecular weight excluding hydrogens is 416 g/mol. The molecule has 0 spiro atoms. The predicted molar refractivity (Wildman–Crippen MR) is 119 cm³/mol. The molecule has 1 aliphatic rings. The highest BCUT2D eigenvalue weighted by molar-refractivity contribution is 6.32. The van der Waals surface area contributed by atoms with Crippen molar-refractivity contribution in [3.05, 3.63) is 70.9 Å². The van der Waals surface area contributed by atoms with Crippen molar-refractivity contribution < 1.29 is 14.4 Å². The largest absolute Gasteiger partial charge is 0.361 e. The first-order valence-corrected chi connectivity index (χ1v) is 10.2. The number of halogens is 1. The minimum Gasteiger partial charge on any atom is -0.361 e. The van der Waals surface area contributed by atoms with Crippen molar-refractivity contribution >= 4 is 46.1 Å². The van der Waals surface area contributed by atoms with Gasteiger partial charge in [-0.1, -0.05) is 41.9 Å². The van der Waals surface area contributed by atoms with E-state index in [4.69, 9.17) is 11.6 Å². The lowest BCUT2D eigenvalue weighted by Crippen LogP contribution is -2.59. The number of barbiturate groups is 1. The molecule has 0 atom stereocenters. The normalized spacial score (nSPS) is 16.0. The molecule has 0 bridgehead atoms. The maximum Gasteiger partial charge on any atom is 0.332 e. The minimum atomic E-state index is -1.18. The van der Waals surface area contributed by atoms with Gasteiger partial charge in [-0.3, -0.25) is 24.4 Å². The van der Waals surface area contributed by atoms with Gasteiger partial charge in [-0.15, -0.1) is 0 Å². The molecule has 0 unspecified atom stereocenters. The van der Waals surface area contributed by atoms with Crippen LogP contribution in [0, 0.1) is 5.92 Å². The van der Waals surface area contributed by atoms with Gasteiger partial charge in [0.1, 0.15) is 0 Å². The van der Waals surface area contributed by atoms with Gasteiger partial charge in [0.15, 0.2) is 5.92 Å². The number of carbonyl (C=O) groups is 3. The number of urea groups is 1. The summed E-state index contributed by atoms with van der Waals surface area (Å²) < 4.78 is 0. The quantitative estimate of drug-likeness (QED) is 0.490. The second-order valence-corrected chi connectivity index (χ2v) is 7.83. The molecule has 2 aromatic carbocycles. The molecular formula is C23H21ClN4O3. The summed E-state index contributed by atoms with van der Waals surface area (Å²) in [6, 6.07) is 14.1. The Morgan fingerprint density at radius 2 is 1.65 bits per heavy atom. The van der Waals surface area contributed by atoms with Crippen molar-refractivity contribution in [2.24, 2.45) is 10.9 Å². The fraction of sp³-hybridized carbons (Fsp3) is 0.217. The molecule has 1 saturated heterocycles. The van der Waals surface area contributed by atoms with Gasteiger partial charge in [-0.05, 0) is 35.7 Å². The smallest absolute Gasteiger partial charge is 0.332 e. The lowest BCUT2D eigenvalue weighted by Gasteiger charge is -2.33. The molecule has 3 aromatic rings. The van der Waals surface area contributed by atoms with Crippen LogP contribution in [0.25, 0.3) is 10.9 Å². The average Bonchev–Trinajstić information content (AvgIpc) is 3.19. The number of hydrogen-bond acceptors (Lipinski definition) is 4. The predicted octanol–water partition coefficient (Wildman–Crippen LogP) is 3.52. The molecule has 8 heteroatoms. The third-order valence-electron chi connectivity index (χ3n) is 5.48. The van der Waals surface area contributed by atoms with Gasteiger partial charge in [0.2, 0.25) is 11.8 Å². The Labute approximate surface area is 184 Å². The summed E-state index contributed by atoms with van der Waals surface area (Å²) in [6.07, 6.45) is 2.57. The van der Waals surface area contributed by atoms with Crippen molar-refractivity contribution in [2.45, 2.75) is 6.42 Å². The van der Waals surface area contributed by atoms with E-state index in [-0.39, 0.29) is 0 Å². The zero-order chi connectivity index (χ0) is 22.1. The molecule has 0 saturated carbocycles. The number of para-hydroxylation sites is 1. The van der Waals surface area contributed by atoms with Crippen molar-refractivity contribution in [1.29, 1.82) is 0 Å². The number of hydrogen-bond donors (Lipinski definition) is 1. The lowest BCUT2D eigenvalue weighted by molar-refractivity contribution is -0.144. The molecule has 1 aromatic heterocycles. The third-order valence-corrected chi connectivity index (χ3v) is 5.73. The van der Waals surface area contributed by atoms with Crippen molar-refractivity contribution in [2.75, 3.05) is 20.6 Å². The van der Waals surface area contributed by atoms with Crippen LogP contribution < -0.4 is 0 Å². The summed E-state index contributed by atoms with van der Waals surface area (Å²) in [7, 11) is 2.73. The number of nitrogens with one attached hydrogen (secondary N) is 1. The first-order valence-electron chi connectivity index (χ1n) is 9.83. The number of aromatic nitrogens is 1. The summed E-state index contributed by atoms with van der Waals surface area (Å²) in [4.78, 5) is 47.7. The van der Waals surface area contributed by atoms with E-state index in [9.17, 15) is 14.4 Å². The van der Waals surface area contributed by atoms with Crippen LogP contribution >= 0.6 is 11.6 Å². The van der Waals surface area contributed by atoms with E-state index in [0.29, 0.717) is 29.3 Å².